The number of hydrogen-bond acceptors (Lipinski definition) is 4. The summed E-state index contributed by atoms with van der Waals surface area (Å²) in [5, 5.41) is 1.38. The average Bonchev–Trinajstić information content (AvgIpc) is 3.80. The minimum Gasteiger partial charge on any atom is -0.311 e. The van der Waals surface area contributed by atoms with Crippen LogP contribution >= 0.6 is 11.3 Å². The zero-order valence-corrected chi connectivity index (χ0v) is 49.3. The first kappa shape index (κ1) is 50.8. The molecular weight excluding hydrogens is 938 g/mol. The average molecular weight is 1020 g/mol. The Labute approximate surface area is 460 Å². The van der Waals surface area contributed by atoms with E-state index < -0.39 is 0 Å². The predicted molar refractivity (Wildman–Crippen MR) is 333 cm³/mol. The molecule has 0 spiro atoms. The van der Waals surface area contributed by atoms with Gasteiger partial charge in [0.1, 0.15) is 0 Å². The van der Waals surface area contributed by atoms with Crippen LogP contribution in [0.2, 0.25) is 0 Å². The third-order valence-corrected chi connectivity index (χ3v) is 20.0. The van der Waals surface area contributed by atoms with Gasteiger partial charge in [0.15, 0.2) is 0 Å². The molecule has 0 atom stereocenters. The van der Waals surface area contributed by atoms with Gasteiger partial charge in [0.25, 0.3) is 6.71 Å². The number of fused-ring (bicyclic) bond motifs is 8. The molecule has 12 rings (SSSR count). The summed E-state index contributed by atoms with van der Waals surface area (Å²) in [6.45, 7) is 38.2. The first-order chi connectivity index (χ1) is 35.8. The Kier molecular flexibility index (Phi) is 11.7. The molecule has 0 saturated carbocycles. The number of aryl methyl sites for hydroxylation is 1. The van der Waals surface area contributed by atoms with E-state index in [2.05, 4.69) is 259 Å². The summed E-state index contributed by atoms with van der Waals surface area (Å²) >= 11 is 2.05. The summed E-state index contributed by atoms with van der Waals surface area (Å²) in [6.07, 6.45) is 4.74. The number of hydrogen-bond donors (Lipinski definition) is 0. The number of nitrogens with zero attached hydrogens (tertiary/aromatic N) is 3. The van der Waals surface area contributed by atoms with E-state index in [4.69, 9.17) is 0 Å². The molecule has 0 fully saturated rings. The van der Waals surface area contributed by atoms with E-state index in [1.807, 2.05) is 11.3 Å². The second-order valence-electron chi connectivity index (χ2n) is 27.7. The lowest BCUT2D eigenvalue weighted by atomic mass is 9.36. The van der Waals surface area contributed by atoms with Crippen molar-refractivity contribution in [2.45, 2.75) is 175 Å². The fourth-order valence-corrected chi connectivity index (χ4v) is 15.0. The maximum Gasteiger partial charge on any atom is 0.264 e. The van der Waals surface area contributed by atoms with Gasteiger partial charge in [0, 0.05) is 60.4 Å². The summed E-state index contributed by atoms with van der Waals surface area (Å²) in [6, 6.07) is 53.4. The van der Waals surface area contributed by atoms with Crippen LogP contribution in [-0.4, -0.2) is 6.71 Å². The first-order valence-corrected chi connectivity index (χ1v) is 29.4. The molecule has 0 radical (unpaired) electrons. The van der Waals surface area contributed by atoms with E-state index in [-0.39, 0.29) is 33.8 Å². The highest BCUT2D eigenvalue weighted by Gasteiger charge is 2.47. The molecule has 3 heterocycles. The SMILES string of the molecule is Cc1cc2c3c(c1)N(c1ccc4c(c1)C(C)(C)CCC4(C)C)c1c(sc4cc5c(cc14)C(C)(C)CCC5(C)C)B3c1ccc(N(c3ccc(C(C)C)cc3)c3ccc(C(C)C)cc3)cc1N2c1ccc(C(C)(C)C)cc1. The third kappa shape index (κ3) is 8.10. The van der Waals surface area contributed by atoms with E-state index in [1.54, 1.807) is 0 Å². The van der Waals surface area contributed by atoms with Crippen molar-refractivity contribution in [1.82, 2.24) is 0 Å². The van der Waals surface area contributed by atoms with Crippen LogP contribution in [0.25, 0.3) is 10.1 Å². The maximum atomic E-state index is 2.73. The van der Waals surface area contributed by atoms with Gasteiger partial charge in [-0.05, 0) is 212 Å². The molecule has 0 unspecified atom stereocenters. The largest absolute Gasteiger partial charge is 0.311 e. The molecule has 0 saturated heterocycles. The first-order valence-electron chi connectivity index (χ1n) is 28.6. The van der Waals surface area contributed by atoms with E-state index in [0.29, 0.717) is 11.8 Å². The Morgan fingerprint density at radius 2 is 0.987 bits per heavy atom. The molecule has 4 aliphatic rings. The zero-order chi connectivity index (χ0) is 53.8. The van der Waals surface area contributed by atoms with Crippen LogP contribution in [0.1, 0.15) is 186 Å². The molecule has 5 heteroatoms. The fraction of sp³-hybridized carbons (Fsp3) is 0.380. The lowest BCUT2D eigenvalue weighted by molar-refractivity contribution is 0.332. The highest BCUT2D eigenvalue weighted by Crippen LogP contribution is 2.55. The predicted octanol–water partition coefficient (Wildman–Crippen LogP) is 19.0. The quantitative estimate of drug-likeness (QED) is 0.147. The smallest absolute Gasteiger partial charge is 0.264 e. The van der Waals surface area contributed by atoms with Gasteiger partial charge < -0.3 is 14.7 Å². The Morgan fingerprint density at radius 3 is 1.53 bits per heavy atom. The number of thiophene rings is 1. The van der Waals surface area contributed by atoms with Crippen molar-refractivity contribution in [1.29, 1.82) is 0 Å². The molecule has 2 aliphatic carbocycles. The molecule has 0 amide bonds. The van der Waals surface area contributed by atoms with Gasteiger partial charge in [0.05, 0.1) is 5.69 Å². The number of anilines is 9. The molecule has 8 aromatic rings. The normalized spacial score (nSPS) is 17.6. The summed E-state index contributed by atoms with van der Waals surface area (Å²) in [5.41, 5.74) is 25.5. The van der Waals surface area contributed by atoms with Crippen molar-refractivity contribution in [2.24, 2.45) is 0 Å². The van der Waals surface area contributed by atoms with Crippen LogP contribution < -0.4 is 30.4 Å². The van der Waals surface area contributed by atoms with Gasteiger partial charge in [-0.2, -0.15) is 0 Å². The van der Waals surface area contributed by atoms with Crippen molar-refractivity contribution in [3.8, 4) is 0 Å². The van der Waals surface area contributed by atoms with E-state index in [0.717, 1.165) is 17.1 Å². The van der Waals surface area contributed by atoms with Crippen molar-refractivity contribution in [3.63, 3.8) is 0 Å². The van der Waals surface area contributed by atoms with E-state index in [1.165, 1.54) is 130 Å². The number of rotatable bonds is 7. The summed E-state index contributed by atoms with van der Waals surface area (Å²) in [5.74, 6) is 0.895. The lowest BCUT2D eigenvalue weighted by Crippen LogP contribution is -2.60. The van der Waals surface area contributed by atoms with Gasteiger partial charge in [-0.25, -0.2) is 0 Å². The highest BCUT2D eigenvalue weighted by molar-refractivity contribution is 7.33. The fourth-order valence-electron chi connectivity index (χ4n) is 13.6. The molecule has 3 nitrogen and oxygen atoms in total. The highest BCUT2D eigenvalue weighted by atomic mass is 32.1. The van der Waals surface area contributed by atoms with Crippen molar-refractivity contribution >= 4 is 95.0 Å². The van der Waals surface area contributed by atoms with Crippen LogP contribution in [0.15, 0.2) is 133 Å². The maximum absolute atomic E-state index is 2.73. The van der Waals surface area contributed by atoms with Crippen molar-refractivity contribution < 1.29 is 0 Å². The Hall–Kier alpha value is -6.04. The van der Waals surface area contributed by atoms with Crippen molar-refractivity contribution in [2.75, 3.05) is 14.7 Å². The summed E-state index contributed by atoms with van der Waals surface area (Å²) < 4.78 is 2.83. The third-order valence-electron chi connectivity index (χ3n) is 18.7. The molecule has 0 bridgehead atoms. The Balaban J connectivity index is 1.16. The van der Waals surface area contributed by atoms with E-state index in [9.17, 15) is 0 Å². The van der Waals surface area contributed by atoms with Crippen LogP contribution in [-0.2, 0) is 27.1 Å². The lowest BCUT2D eigenvalue weighted by Gasteiger charge is -2.45. The van der Waals surface area contributed by atoms with Crippen LogP contribution in [0.4, 0.5) is 51.2 Å². The zero-order valence-electron chi connectivity index (χ0n) is 48.5. The summed E-state index contributed by atoms with van der Waals surface area (Å²) in [4.78, 5) is 7.83. The Bertz CT molecular complexity index is 3550. The second kappa shape index (κ2) is 17.5. The molecule has 7 aromatic carbocycles. The minimum atomic E-state index is 0.0125. The second-order valence-corrected chi connectivity index (χ2v) is 28.7. The molecule has 388 valence electrons. The van der Waals surface area contributed by atoms with Gasteiger partial charge in [-0.1, -0.05) is 152 Å². The van der Waals surface area contributed by atoms with Gasteiger partial charge >= 0.3 is 0 Å². The molecule has 1 aromatic heterocycles. The van der Waals surface area contributed by atoms with Gasteiger partial charge in [-0.3, -0.25) is 0 Å². The van der Waals surface area contributed by atoms with Crippen LogP contribution in [0.5, 0.6) is 0 Å². The summed E-state index contributed by atoms with van der Waals surface area (Å²) in [7, 11) is 0. The molecular formula is C71H80BN3S. The standard InChI is InChI=1S/C71H80BN3S/c1-43(2)46-17-23-49(24-18-46)73(50-25-19-47(20-26-50)44(3)4)53-30-32-59-60(40-53)74(51-27-21-48(22-28-51)67(6,7)8)61-37-45(5)38-62-64(61)72(59)66-65(54-41-57-58(42-63(54)76-66)71(15,16)36-35-70(57,13)14)75(62)52-29-31-55-56(39-52)69(11,12)34-33-68(55,9)10/h17-32,37-44H,33-36H2,1-16H3. The number of benzene rings is 7. The minimum absolute atomic E-state index is 0.0125. The van der Waals surface area contributed by atoms with Gasteiger partial charge in [-0.15, -0.1) is 11.3 Å². The molecule has 2 aliphatic heterocycles. The van der Waals surface area contributed by atoms with Crippen LogP contribution in [0, 0.1) is 6.92 Å². The molecule has 0 N–H and O–H groups in total. The monoisotopic (exact) mass is 1020 g/mol. The Morgan fingerprint density at radius 1 is 0.500 bits per heavy atom. The van der Waals surface area contributed by atoms with Gasteiger partial charge in [0.2, 0.25) is 0 Å². The molecule has 76 heavy (non-hydrogen) atoms. The van der Waals surface area contributed by atoms with Crippen molar-refractivity contribution in [3.05, 3.63) is 178 Å². The van der Waals surface area contributed by atoms with E-state index >= 15 is 0 Å². The van der Waals surface area contributed by atoms with Crippen LogP contribution in [0.3, 0.4) is 0 Å². The topological polar surface area (TPSA) is 9.72 Å².